The van der Waals surface area contributed by atoms with Gasteiger partial charge in [0.15, 0.2) is 0 Å². The predicted octanol–water partition coefficient (Wildman–Crippen LogP) is 4.00. The molecular formula is C34H34FeN4O4-2. The molecule has 0 amide bonds. The van der Waals surface area contributed by atoms with Gasteiger partial charge in [0.05, 0.1) is 23.2 Å². The first-order chi connectivity index (χ1) is 20.0. The first-order valence-electron chi connectivity index (χ1n) is 14.0. The van der Waals surface area contributed by atoms with E-state index in [1.54, 1.807) is 0 Å². The van der Waals surface area contributed by atoms with Crippen LogP contribution in [0.2, 0.25) is 0 Å². The molecule has 5 heterocycles. The number of aliphatic imine (C=N–C) groups is 2. The van der Waals surface area contributed by atoms with E-state index in [1.165, 1.54) is 0 Å². The molecule has 43 heavy (non-hydrogen) atoms. The number of carbonyl (C=O) groups is 2. The number of carboxylic acid groups (broad SMARTS) is 2. The van der Waals surface area contributed by atoms with Crippen LogP contribution in [0.4, 0.5) is 0 Å². The number of nitrogens with zero attached hydrogens (tertiary/aromatic N) is 4. The van der Waals surface area contributed by atoms with Crippen LogP contribution < -0.4 is 20.7 Å². The topological polar surface area (TPSA) is 128 Å². The van der Waals surface area contributed by atoms with Gasteiger partial charge in [-0.05, 0) is 74.8 Å². The van der Waals surface area contributed by atoms with E-state index in [9.17, 15) is 19.8 Å². The summed E-state index contributed by atoms with van der Waals surface area (Å²) in [5.41, 5.74) is 11.3. The minimum atomic E-state index is -0.892. The van der Waals surface area contributed by atoms with Crippen molar-refractivity contribution in [3.8, 4) is 0 Å². The maximum atomic E-state index is 11.5. The molecule has 1 unspecified atom stereocenters. The smallest absolute Gasteiger partial charge is 0.303 e. The number of carboxylic acids is 2. The second-order valence-electron chi connectivity index (χ2n) is 10.9. The fourth-order valence-corrected chi connectivity index (χ4v) is 5.97. The van der Waals surface area contributed by atoms with Crippen molar-refractivity contribution in [1.82, 2.24) is 9.97 Å². The van der Waals surface area contributed by atoms with Crippen molar-refractivity contribution >= 4 is 47.7 Å². The molecule has 9 heteroatoms. The van der Waals surface area contributed by atoms with Gasteiger partial charge in [-0.15, -0.1) is 16.4 Å². The number of allylic oxidation sites excluding steroid dienone is 3. The van der Waals surface area contributed by atoms with E-state index in [2.05, 4.69) is 13.2 Å². The van der Waals surface area contributed by atoms with Crippen molar-refractivity contribution in [2.24, 2.45) is 9.98 Å². The van der Waals surface area contributed by atoms with Crippen LogP contribution in [0.15, 0.2) is 57.2 Å². The van der Waals surface area contributed by atoms with Gasteiger partial charge in [-0.3, -0.25) is 14.6 Å². The van der Waals surface area contributed by atoms with Gasteiger partial charge in [0, 0.05) is 29.9 Å². The Kier molecular flexibility index (Phi) is 9.28. The number of hydrogen-bond acceptors (Lipinski definition) is 4. The third-order valence-electron chi connectivity index (χ3n) is 8.42. The first kappa shape index (κ1) is 31.7. The van der Waals surface area contributed by atoms with Crippen LogP contribution in [0, 0.1) is 13.8 Å². The molecular weight excluding hydrogens is 584 g/mol. The molecule has 3 aliphatic rings. The van der Waals surface area contributed by atoms with E-state index in [0.717, 1.165) is 67.0 Å². The SMILES string of the molecule is C=CC1=C(C)C2=NC1Cc1[n-]c(c(C=C)c1C)/C=C1N=C(/C=c3\[n-]/c(c(C)c3CCC(=O)O)=C\2)C(CCC(=O)O)=C\1C.[Fe]. The quantitative estimate of drug-likeness (QED) is 0.431. The number of aromatic nitrogens is 2. The minimum absolute atomic E-state index is 0. The summed E-state index contributed by atoms with van der Waals surface area (Å²) in [7, 11) is 0. The maximum Gasteiger partial charge on any atom is 0.303 e. The molecule has 2 aromatic heterocycles. The van der Waals surface area contributed by atoms with Gasteiger partial charge < -0.3 is 20.2 Å². The van der Waals surface area contributed by atoms with Crippen molar-refractivity contribution < 1.29 is 36.9 Å². The molecule has 0 spiro atoms. The summed E-state index contributed by atoms with van der Waals surface area (Å²) in [4.78, 5) is 43.0. The van der Waals surface area contributed by atoms with Crippen molar-refractivity contribution in [1.29, 1.82) is 0 Å². The molecule has 2 aromatic rings. The summed E-state index contributed by atoms with van der Waals surface area (Å²) < 4.78 is 0. The first-order valence-corrected chi connectivity index (χ1v) is 14.0. The van der Waals surface area contributed by atoms with Gasteiger partial charge in [-0.1, -0.05) is 60.2 Å². The van der Waals surface area contributed by atoms with Gasteiger partial charge in [0.1, 0.15) is 0 Å². The summed E-state index contributed by atoms with van der Waals surface area (Å²) in [6.07, 6.45) is 10.5. The molecule has 0 fully saturated rings. The van der Waals surface area contributed by atoms with E-state index >= 15 is 0 Å². The molecule has 0 aromatic carbocycles. The minimum Gasteiger partial charge on any atom is -0.660 e. The van der Waals surface area contributed by atoms with Crippen LogP contribution in [0.5, 0.6) is 0 Å². The second kappa shape index (κ2) is 12.6. The molecule has 224 valence electrons. The fourth-order valence-electron chi connectivity index (χ4n) is 5.97. The van der Waals surface area contributed by atoms with Crippen LogP contribution in [-0.4, -0.2) is 39.6 Å². The van der Waals surface area contributed by atoms with Crippen LogP contribution in [0.25, 0.3) is 24.3 Å². The summed E-state index contributed by atoms with van der Waals surface area (Å²) >= 11 is 0. The summed E-state index contributed by atoms with van der Waals surface area (Å²) in [6, 6.07) is -0.151. The Morgan fingerprint density at radius 1 is 0.907 bits per heavy atom. The second-order valence-corrected chi connectivity index (χ2v) is 10.9. The van der Waals surface area contributed by atoms with Gasteiger partial charge >= 0.3 is 11.9 Å². The molecule has 3 aliphatic heterocycles. The zero-order chi connectivity index (χ0) is 30.3. The zero-order valence-electron chi connectivity index (χ0n) is 24.8. The van der Waals surface area contributed by atoms with Gasteiger partial charge in [-0.25, -0.2) is 4.99 Å². The van der Waals surface area contributed by atoms with Crippen molar-refractivity contribution in [3.63, 3.8) is 0 Å². The third kappa shape index (κ3) is 6.01. The number of aliphatic carboxylic acids is 2. The summed E-state index contributed by atoms with van der Waals surface area (Å²) in [5.74, 6) is -1.78. The number of hydrogen-bond donors (Lipinski definition) is 2. The molecule has 8 nitrogen and oxygen atoms in total. The normalized spacial score (nSPS) is 20.2. The third-order valence-corrected chi connectivity index (χ3v) is 8.42. The molecule has 0 aliphatic carbocycles. The zero-order valence-corrected chi connectivity index (χ0v) is 25.9. The maximum absolute atomic E-state index is 11.5. The Morgan fingerprint density at radius 3 is 2.23 bits per heavy atom. The van der Waals surface area contributed by atoms with Crippen LogP contribution in [-0.2, 0) is 39.5 Å². The number of fused-ring (bicyclic) bond motifs is 6. The average Bonchev–Trinajstić information content (AvgIpc) is 3.59. The standard InChI is InChI=1S/C34H36N4O4.Fe/c1-7-21-17(3)25-13-26-19(5)23(9-11-33(39)40)31(37-26)16-32-24(10-12-34(41)42)20(6)28(38-32)15-30-22(8-2)18(4)27(36-30)14-29(21)35-25;/h7-8,13,15-16,29H,1-2,9-12,14H2,3-6H3,(H4,35,36,37,38,39,40,41,42);/p-2. The van der Waals surface area contributed by atoms with E-state index < -0.39 is 11.9 Å². The van der Waals surface area contributed by atoms with Gasteiger partial charge in [0.25, 0.3) is 0 Å². The van der Waals surface area contributed by atoms with E-state index in [4.69, 9.17) is 20.0 Å². The van der Waals surface area contributed by atoms with E-state index in [-0.39, 0.29) is 36.0 Å². The van der Waals surface area contributed by atoms with E-state index in [1.807, 2.05) is 58.1 Å². The van der Waals surface area contributed by atoms with Crippen LogP contribution >= 0.6 is 0 Å². The van der Waals surface area contributed by atoms with Crippen molar-refractivity contribution in [2.45, 2.75) is 65.8 Å². The van der Waals surface area contributed by atoms with Crippen LogP contribution in [0.3, 0.4) is 0 Å². The molecule has 8 bridgehead atoms. The largest absolute Gasteiger partial charge is 0.660 e. The Hall–Kier alpha value is -4.20. The predicted molar refractivity (Wildman–Crippen MR) is 166 cm³/mol. The molecule has 5 rings (SSSR count). The Labute approximate surface area is 261 Å². The number of rotatable bonds is 8. The molecule has 1 atom stereocenters. The summed E-state index contributed by atoms with van der Waals surface area (Å²) in [5, 5.41) is 20.2. The molecule has 2 N–H and O–H groups in total. The summed E-state index contributed by atoms with van der Waals surface area (Å²) in [6.45, 7) is 16.1. The van der Waals surface area contributed by atoms with E-state index in [0.29, 0.717) is 36.0 Å². The van der Waals surface area contributed by atoms with Gasteiger partial charge in [-0.2, -0.15) is 5.69 Å². The van der Waals surface area contributed by atoms with Crippen LogP contribution in [0.1, 0.15) is 66.8 Å². The monoisotopic (exact) mass is 618 g/mol. The average molecular weight is 619 g/mol. The van der Waals surface area contributed by atoms with Crippen molar-refractivity contribution in [3.05, 3.63) is 91.6 Å². The molecule has 0 saturated carbocycles. The fraction of sp³-hybridized carbons (Fsp3) is 0.294. The molecule has 0 radical (unpaired) electrons. The Balaban J connectivity index is 0.00000423. The molecule has 0 saturated heterocycles. The van der Waals surface area contributed by atoms with Crippen molar-refractivity contribution in [2.75, 3.05) is 0 Å². The Morgan fingerprint density at radius 2 is 1.58 bits per heavy atom. The Bertz CT molecular complexity index is 1840. The van der Waals surface area contributed by atoms with Gasteiger partial charge in [0.2, 0.25) is 0 Å².